The van der Waals surface area contributed by atoms with Crippen molar-refractivity contribution in [3.63, 3.8) is 0 Å². The monoisotopic (exact) mass is 590 g/mol. The van der Waals surface area contributed by atoms with Gasteiger partial charge in [-0.15, -0.1) is 0 Å². The summed E-state index contributed by atoms with van der Waals surface area (Å²) >= 11 is 0. The summed E-state index contributed by atoms with van der Waals surface area (Å²) in [6.45, 7) is 4.42. The Kier molecular flexibility index (Phi) is 9.34. The van der Waals surface area contributed by atoms with E-state index in [2.05, 4.69) is 20.3 Å². The van der Waals surface area contributed by atoms with Gasteiger partial charge in [-0.1, -0.05) is 12.1 Å². The van der Waals surface area contributed by atoms with E-state index in [9.17, 15) is 27.6 Å². The molecule has 2 aliphatic heterocycles. The molecule has 2 aromatic rings. The van der Waals surface area contributed by atoms with Crippen LogP contribution in [0.4, 0.5) is 29.3 Å². The van der Waals surface area contributed by atoms with Gasteiger partial charge in [0.1, 0.15) is 12.1 Å². The molecule has 42 heavy (non-hydrogen) atoms. The normalized spacial score (nSPS) is 19.9. The Bertz CT molecular complexity index is 1270. The van der Waals surface area contributed by atoms with Crippen LogP contribution in [0, 0.1) is 0 Å². The van der Waals surface area contributed by atoms with Crippen molar-refractivity contribution in [3.8, 4) is 0 Å². The van der Waals surface area contributed by atoms with Crippen LogP contribution in [0.2, 0.25) is 0 Å². The first kappa shape index (κ1) is 31.1. The Labute approximate surface area is 243 Å². The van der Waals surface area contributed by atoms with Crippen LogP contribution in [0.1, 0.15) is 56.7 Å². The number of alkyl carbamates (subject to hydrolysis) is 1. The molecule has 2 saturated heterocycles. The van der Waals surface area contributed by atoms with E-state index in [1.165, 1.54) is 31.3 Å². The number of halogens is 3. The predicted molar refractivity (Wildman–Crippen MR) is 151 cm³/mol. The summed E-state index contributed by atoms with van der Waals surface area (Å²) < 4.78 is 49.1. The zero-order chi connectivity index (χ0) is 30.7. The molecule has 0 radical (unpaired) electrons. The highest BCUT2D eigenvalue weighted by Gasteiger charge is 2.44. The molecule has 2 N–H and O–H groups in total. The molecule has 0 bridgehead atoms. The highest BCUT2D eigenvalue weighted by Crippen LogP contribution is 2.38. The minimum absolute atomic E-state index is 0.00202. The van der Waals surface area contributed by atoms with Gasteiger partial charge in [0.05, 0.1) is 24.3 Å². The van der Waals surface area contributed by atoms with Gasteiger partial charge in [-0.2, -0.15) is 13.2 Å². The molecule has 0 aliphatic carbocycles. The van der Waals surface area contributed by atoms with E-state index in [0.717, 1.165) is 42.8 Å². The van der Waals surface area contributed by atoms with Gasteiger partial charge in [-0.25, -0.2) is 4.79 Å². The molecule has 0 saturated carbocycles. The summed E-state index contributed by atoms with van der Waals surface area (Å²) in [5.74, 6) is -0.780. The third-order valence-corrected chi connectivity index (χ3v) is 8.10. The van der Waals surface area contributed by atoms with Crippen LogP contribution in [-0.2, 0) is 25.2 Å². The molecule has 0 spiro atoms. The maximum atomic E-state index is 13.5. The molecular weight excluding hydrogens is 553 g/mol. The third-order valence-electron chi connectivity index (χ3n) is 8.10. The van der Waals surface area contributed by atoms with Crippen LogP contribution in [0.15, 0.2) is 48.5 Å². The highest BCUT2D eigenvalue weighted by atomic mass is 19.4. The van der Waals surface area contributed by atoms with Crippen LogP contribution in [0.3, 0.4) is 0 Å². The van der Waals surface area contributed by atoms with E-state index < -0.39 is 41.4 Å². The zero-order valence-electron chi connectivity index (χ0n) is 24.2. The number of hydrogen-bond donors (Lipinski definition) is 2. The number of nitrogens with zero attached hydrogens (tertiary/aromatic N) is 2. The number of amides is 3. The number of benzene rings is 2. The second kappa shape index (κ2) is 12.6. The van der Waals surface area contributed by atoms with Crippen molar-refractivity contribution in [2.45, 2.75) is 69.4 Å². The summed E-state index contributed by atoms with van der Waals surface area (Å²) in [5, 5.41) is 5.44. The lowest BCUT2D eigenvalue weighted by atomic mass is 9.96. The average Bonchev–Trinajstić information content (AvgIpc) is 3.66. The lowest BCUT2D eigenvalue weighted by molar-refractivity contribution is -0.144. The number of carbonyl (C=O) groups excluding carboxylic acids is 3. The summed E-state index contributed by atoms with van der Waals surface area (Å²) in [6.07, 6.45) is -2.31. The van der Waals surface area contributed by atoms with Crippen molar-refractivity contribution >= 4 is 29.3 Å². The minimum atomic E-state index is -4.38. The molecule has 3 amide bonds. The summed E-state index contributed by atoms with van der Waals surface area (Å²) in [6, 6.07) is 10.8. The first-order valence-electron chi connectivity index (χ1n) is 13.9. The third kappa shape index (κ3) is 6.80. The van der Waals surface area contributed by atoms with E-state index in [0.29, 0.717) is 25.1 Å². The number of nitrogens with one attached hydrogen (secondary N) is 2. The van der Waals surface area contributed by atoms with Crippen LogP contribution in [0.25, 0.3) is 0 Å². The summed E-state index contributed by atoms with van der Waals surface area (Å²) in [7, 11) is 2.64. The highest BCUT2D eigenvalue weighted by molar-refractivity contribution is 5.99. The fourth-order valence-corrected chi connectivity index (χ4v) is 5.57. The van der Waals surface area contributed by atoms with E-state index in [1.807, 2.05) is 12.1 Å². The fraction of sp³-hybridized carbons (Fsp3) is 0.500. The summed E-state index contributed by atoms with van der Waals surface area (Å²) in [5.41, 5.74) is 0.539. The Morgan fingerprint density at radius 2 is 1.57 bits per heavy atom. The van der Waals surface area contributed by atoms with Gasteiger partial charge in [-0.05, 0) is 81.5 Å². The van der Waals surface area contributed by atoms with E-state index in [1.54, 1.807) is 26.0 Å². The van der Waals surface area contributed by atoms with Gasteiger partial charge < -0.3 is 29.9 Å². The largest absolute Gasteiger partial charge is 0.453 e. The number of methoxy groups -OCH3 is 2. The predicted octanol–water partition coefficient (Wildman–Crippen LogP) is 5.13. The van der Waals surface area contributed by atoms with Gasteiger partial charge in [0.25, 0.3) is 0 Å². The van der Waals surface area contributed by atoms with Gasteiger partial charge in [0.15, 0.2) is 0 Å². The van der Waals surface area contributed by atoms with Gasteiger partial charge in [0.2, 0.25) is 11.8 Å². The smallest absolute Gasteiger partial charge is 0.416 e. The number of hydrogen-bond acceptors (Lipinski definition) is 6. The maximum Gasteiger partial charge on any atom is 0.416 e. The van der Waals surface area contributed by atoms with Crippen LogP contribution in [-0.4, -0.2) is 67.8 Å². The number of anilines is 2. The Morgan fingerprint density at radius 1 is 0.929 bits per heavy atom. The molecule has 228 valence electrons. The first-order chi connectivity index (χ1) is 19.9. The van der Waals surface area contributed by atoms with Crippen molar-refractivity contribution in [1.82, 2.24) is 10.2 Å². The lowest BCUT2D eigenvalue weighted by Gasteiger charge is -2.36. The lowest BCUT2D eigenvalue weighted by Crippen LogP contribution is -2.60. The van der Waals surface area contributed by atoms with Crippen LogP contribution >= 0.6 is 0 Å². The van der Waals surface area contributed by atoms with E-state index in [-0.39, 0.29) is 11.9 Å². The SMILES string of the molecule is COC(=O)N[C@H](C(=O)N1CCC[C@H]1C(=O)Nc1ccc([C@H]2CCCN2c2ccc(C(F)(F)F)cc2)cc1)C(C)(C)OC. The molecule has 4 rings (SSSR count). The number of likely N-dealkylation sites (tertiary alicyclic amines) is 1. The molecule has 12 heteroatoms. The molecule has 0 unspecified atom stereocenters. The molecule has 2 heterocycles. The topological polar surface area (TPSA) is 100 Å². The molecule has 2 aliphatic rings. The number of ether oxygens (including phenoxy) is 2. The van der Waals surface area contributed by atoms with Crippen LogP contribution in [0.5, 0.6) is 0 Å². The van der Waals surface area contributed by atoms with E-state index in [4.69, 9.17) is 4.74 Å². The molecule has 9 nitrogen and oxygen atoms in total. The fourth-order valence-electron chi connectivity index (χ4n) is 5.57. The standard InChI is InChI=1S/C30H37F3N4O5/c1-29(2,42-4)25(35-28(40)41-3)27(39)37-18-6-8-24(37)26(38)34-21-13-9-19(10-14-21)23-7-5-17-36(23)22-15-11-20(12-16-22)30(31,32)33/h9-16,23-25H,5-8,17-18H2,1-4H3,(H,34,38)(H,35,40)/t23-,24+,25-/m1/s1. The van der Waals surface area contributed by atoms with Crippen molar-refractivity contribution < 1.29 is 37.0 Å². The molecule has 3 atom stereocenters. The van der Waals surface area contributed by atoms with Crippen molar-refractivity contribution in [2.24, 2.45) is 0 Å². The minimum Gasteiger partial charge on any atom is -0.453 e. The van der Waals surface area contributed by atoms with Gasteiger partial charge >= 0.3 is 12.3 Å². The second-order valence-corrected chi connectivity index (χ2v) is 11.1. The number of carbonyl (C=O) groups is 3. The number of rotatable bonds is 8. The molecule has 2 aromatic carbocycles. The Balaban J connectivity index is 1.43. The zero-order valence-corrected chi connectivity index (χ0v) is 24.2. The van der Waals surface area contributed by atoms with Crippen molar-refractivity contribution in [1.29, 1.82) is 0 Å². The van der Waals surface area contributed by atoms with Gasteiger partial charge in [-0.3, -0.25) is 9.59 Å². The average molecular weight is 591 g/mol. The Hall–Kier alpha value is -3.80. The first-order valence-corrected chi connectivity index (χ1v) is 13.9. The Morgan fingerprint density at radius 3 is 2.17 bits per heavy atom. The molecule has 2 fully saturated rings. The molecule has 0 aromatic heterocycles. The summed E-state index contributed by atoms with van der Waals surface area (Å²) in [4.78, 5) is 42.3. The van der Waals surface area contributed by atoms with Crippen molar-refractivity contribution in [2.75, 3.05) is 37.5 Å². The second-order valence-electron chi connectivity index (χ2n) is 11.1. The number of alkyl halides is 3. The van der Waals surface area contributed by atoms with Crippen molar-refractivity contribution in [3.05, 3.63) is 59.7 Å². The quantitative estimate of drug-likeness (QED) is 0.443. The van der Waals surface area contributed by atoms with Gasteiger partial charge in [0, 0.05) is 31.6 Å². The van der Waals surface area contributed by atoms with Crippen LogP contribution < -0.4 is 15.5 Å². The maximum absolute atomic E-state index is 13.5. The molecular formula is C30H37F3N4O5. The van der Waals surface area contributed by atoms with E-state index >= 15 is 0 Å².